The molecule has 0 radical (unpaired) electrons. The number of ether oxygens (including phenoxy) is 1. The van der Waals surface area contributed by atoms with E-state index >= 15 is 0 Å². The maximum absolute atomic E-state index is 11.8. The largest absolute Gasteiger partial charge is 0.444 e. The Labute approximate surface area is 116 Å². The molecule has 0 aliphatic carbocycles. The Bertz CT molecular complexity index is 381. The number of benzene rings is 1. The molecule has 1 atom stereocenters. The van der Waals surface area contributed by atoms with Crippen LogP contribution in [0.5, 0.6) is 0 Å². The van der Waals surface area contributed by atoms with Crippen LogP contribution in [0.25, 0.3) is 0 Å². The summed E-state index contributed by atoms with van der Waals surface area (Å²) in [6, 6.07) is 10.3. The fourth-order valence-electron chi connectivity index (χ4n) is 1.95. The van der Waals surface area contributed by atoms with Crippen molar-refractivity contribution in [2.75, 3.05) is 0 Å². The average Bonchev–Trinajstić information content (AvgIpc) is 2.27. The number of nitrogens with one attached hydrogen (secondary N) is 1. The maximum Gasteiger partial charge on any atom is 0.407 e. The minimum atomic E-state index is -0.451. The van der Waals surface area contributed by atoms with E-state index in [1.807, 2.05) is 39.0 Å². The van der Waals surface area contributed by atoms with Gasteiger partial charge < -0.3 is 10.1 Å². The molecule has 3 nitrogen and oxygen atoms in total. The predicted octanol–water partition coefficient (Wildman–Crippen LogP) is 3.92. The smallest absolute Gasteiger partial charge is 0.407 e. The van der Waals surface area contributed by atoms with E-state index in [0.29, 0.717) is 0 Å². The van der Waals surface area contributed by atoms with Crippen LogP contribution in [-0.2, 0) is 11.2 Å². The minimum absolute atomic E-state index is 0.127. The van der Waals surface area contributed by atoms with Gasteiger partial charge in [0.25, 0.3) is 0 Å². The number of rotatable bonds is 5. The molecular formula is C16H25NO2. The van der Waals surface area contributed by atoms with Crippen LogP contribution >= 0.6 is 0 Å². The number of carbonyl (C=O) groups excluding carboxylic acids is 1. The normalized spacial score (nSPS) is 12.8. The summed E-state index contributed by atoms with van der Waals surface area (Å²) in [6.45, 7) is 7.74. The molecule has 1 aromatic rings. The third kappa shape index (κ3) is 6.85. The van der Waals surface area contributed by atoms with Crippen molar-refractivity contribution in [1.82, 2.24) is 5.32 Å². The zero-order chi connectivity index (χ0) is 14.3. The first-order chi connectivity index (χ1) is 8.90. The number of hydrogen-bond acceptors (Lipinski definition) is 2. The highest BCUT2D eigenvalue weighted by Gasteiger charge is 2.19. The van der Waals surface area contributed by atoms with Gasteiger partial charge in [-0.25, -0.2) is 4.79 Å². The van der Waals surface area contributed by atoms with Gasteiger partial charge in [-0.3, -0.25) is 0 Å². The van der Waals surface area contributed by atoms with Crippen molar-refractivity contribution in [3.8, 4) is 0 Å². The summed E-state index contributed by atoms with van der Waals surface area (Å²) in [5.41, 5.74) is 0.783. The lowest BCUT2D eigenvalue weighted by atomic mass is 10.0. The second-order valence-electron chi connectivity index (χ2n) is 5.82. The monoisotopic (exact) mass is 263 g/mol. The molecule has 0 fully saturated rings. The SMILES string of the molecule is CCC[C@@H](Cc1ccccc1)NC(=O)OC(C)(C)C. The second-order valence-corrected chi connectivity index (χ2v) is 5.82. The number of carbonyl (C=O) groups is 1. The van der Waals surface area contributed by atoms with Gasteiger partial charge in [-0.05, 0) is 39.2 Å². The molecule has 0 spiro atoms. The molecule has 1 amide bonds. The molecule has 0 aliphatic rings. The summed E-state index contributed by atoms with van der Waals surface area (Å²) in [5, 5.41) is 2.96. The Morgan fingerprint density at radius 3 is 2.42 bits per heavy atom. The first-order valence-corrected chi connectivity index (χ1v) is 6.94. The van der Waals surface area contributed by atoms with Crippen LogP contribution in [0.15, 0.2) is 30.3 Å². The van der Waals surface area contributed by atoms with Crippen molar-refractivity contribution < 1.29 is 9.53 Å². The fraction of sp³-hybridized carbons (Fsp3) is 0.562. The van der Waals surface area contributed by atoms with Crippen molar-refractivity contribution in [2.45, 2.75) is 58.6 Å². The van der Waals surface area contributed by atoms with Gasteiger partial charge in [-0.15, -0.1) is 0 Å². The highest BCUT2D eigenvalue weighted by atomic mass is 16.6. The lowest BCUT2D eigenvalue weighted by molar-refractivity contribution is 0.0501. The van der Waals surface area contributed by atoms with Gasteiger partial charge in [0, 0.05) is 6.04 Å². The average molecular weight is 263 g/mol. The molecule has 0 bridgehead atoms. The fourth-order valence-corrected chi connectivity index (χ4v) is 1.95. The van der Waals surface area contributed by atoms with Crippen molar-refractivity contribution in [3.05, 3.63) is 35.9 Å². The van der Waals surface area contributed by atoms with Crippen LogP contribution in [0.1, 0.15) is 46.1 Å². The van der Waals surface area contributed by atoms with Crippen LogP contribution in [0.2, 0.25) is 0 Å². The minimum Gasteiger partial charge on any atom is -0.444 e. The van der Waals surface area contributed by atoms with Crippen LogP contribution in [-0.4, -0.2) is 17.7 Å². The van der Waals surface area contributed by atoms with Crippen LogP contribution in [0.3, 0.4) is 0 Å². The molecule has 0 saturated heterocycles. The summed E-state index contributed by atoms with van der Waals surface area (Å²) < 4.78 is 5.30. The van der Waals surface area contributed by atoms with Gasteiger partial charge in [0.1, 0.15) is 5.60 Å². The van der Waals surface area contributed by atoms with E-state index < -0.39 is 5.60 Å². The van der Waals surface area contributed by atoms with E-state index in [4.69, 9.17) is 4.74 Å². The van der Waals surface area contributed by atoms with Gasteiger partial charge in [-0.1, -0.05) is 43.7 Å². The Hall–Kier alpha value is -1.51. The molecule has 0 saturated carbocycles. The topological polar surface area (TPSA) is 38.3 Å². The summed E-state index contributed by atoms with van der Waals surface area (Å²) in [5.74, 6) is 0. The van der Waals surface area contributed by atoms with Gasteiger partial charge >= 0.3 is 6.09 Å². The Morgan fingerprint density at radius 1 is 1.26 bits per heavy atom. The molecule has 19 heavy (non-hydrogen) atoms. The molecule has 3 heteroatoms. The molecule has 0 unspecified atom stereocenters. The lowest BCUT2D eigenvalue weighted by Crippen LogP contribution is -2.40. The van der Waals surface area contributed by atoms with Gasteiger partial charge in [-0.2, -0.15) is 0 Å². The van der Waals surface area contributed by atoms with Crippen LogP contribution in [0, 0.1) is 0 Å². The van der Waals surface area contributed by atoms with Crippen molar-refractivity contribution in [2.24, 2.45) is 0 Å². The second kappa shape index (κ2) is 7.17. The Morgan fingerprint density at radius 2 is 1.89 bits per heavy atom. The molecular weight excluding hydrogens is 238 g/mol. The molecule has 1 aromatic carbocycles. The molecule has 0 aromatic heterocycles. The van der Waals surface area contributed by atoms with Gasteiger partial charge in [0.15, 0.2) is 0 Å². The molecule has 106 valence electrons. The third-order valence-electron chi connectivity index (χ3n) is 2.68. The molecule has 0 heterocycles. The summed E-state index contributed by atoms with van der Waals surface area (Å²) in [7, 11) is 0. The number of amides is 1. The van der Waals surface area contributed by atoms with E-state index in [1.54, 1.807) is 0 Å². The number of alkyl carbamates (subject to hydrolysis) is 1. The standard InChI is InChI=1S/C16H25NO2/c1-5-9-14(12-13-10-7-6-8-11-13)17-15(18)19-16(2,3)4/h6-8,10-11,14H,5,9,12H2,1-4H3,(H,17,18)/t14-/m0/s1. The van der Waals surface area contributed by atoms with Crippen molar-refractivity contribution >= 4 is 6.09 Å². The third-order valence-corrected chi connectivity index (χ3v) is 2.68. The summed E-state index contributed by atoms with van der Waals surface area (Å²) >= 11 is 0. The zero-order valence-electron chi connectivity index (χ0n) is 12.4. The molecule has 1 N–H and O–H groups in total. The van der Waals surface area contributed by atoms with E-state index in [1.165, 1.54) is 5.56 Å². The van der Waals surface area contributed by atoms with E-state index in [-0.39, 0.29) is 12.1 Å². The van der Waals surface area contributed by atoms with Crippen LogP contribution < -0.4 is 5.32 Å². The lowest BCUT2D eigenvalue weighted by Gasteiger charge is -2.23. The van der Waals surface area contributed by atoms with Crippen LogP contribution in [0.4, 0.5) is 4.79 Å². The molecule has 0 aliphatic heterocycles. The first kappa shape index (κ1) is 15.5. The first-order valence-electron chi connectivity index (χ1n) is 6.94. The van der Waals surface area contributed by atoms with Crippen molar-refractivity contribution in [3.63, 3.8) is 0 Å². The van der Waals surface area contributed by atoms with E-state index in [0.717, 1.165) is 19.3 Å². The quantitative estimate of drug-likeness (QED) is 0.874. The van der Waals surface area contributed by atoms with E-state index in [9.17, 15) is 4.79 Å². The van der Waals surface area contributed by atoms with E-state index in [2.05, 4.69) is 24.4 Å². The van der Waals surface area contributed by atoms with Crippen molar-refractivity contribution in [1.29, 1.82) is 0 Å². The Balaban J connectivity index is 2.55. The van der Waals surface area contributed by atoms with Gasteiger partial charge in [0.2, 0.25) is 0 Å². The molecule has 1 rings (SSSR count). The summed E-state index contributed by atoms with van der Waals surface area (Å²) in [6.07, 6.45) is 2.50. The Kier molecular flexibility index (Phi) is 5.87. The summed E-state index contributed by atoms with van der Waals surface area (Å²) in [4.78, 5) is 11.8. The van der Waals surface area contributed by atoms with Gasteiger partial charge in [0.05, 0.1) is 0 Å². The predicted molar refractivity (Wildman–Crippen MR) is 78.2 cm³/mol. The zero-order valence-corrected chi connectivity index (χ0v) is 12.4. The highest BCUT2D eigenvalue weighted by Crippen LogP contribution is 2.10. The maximum atomic E-state index is 11.8. The highest BCUT2D eigenvalue weighted by molar-refractivity contribution is 5.68. The number of hydrogen-bond donors (Lipinski definition) is 1.